The van der Waals surface area contributed by atoms with E-state index in [4.69, 9.17) is 9.40 Å². The summed E-state index contributed by atoms with van der Waals surface area (Å²) in [4.78, 5) is 22.0. The highest BCUT2D eigenvalue weighted by molar-refractivity contribution is 5.82. The number of oxazole rings is 1. The summed E-state index contributed by atoms with van der Waals surface area (Å²) in [6, 6.07) is 10.4. The van der Waals surface area contributed by atoms with Crippen molar-refractivity contribution in [2.24, 2.45) is 0 Å². The van der Waals surface area contributed by atoms with Gasteiger partial charge in [0.1, 0.15) is 11.5 Å². The predicted molar refractivity (Wildman–Crippen MR) is 104 cm³/mol. The number of aromatic nitrogens is 1. The van der Waals surface area contributed by atoms with E-state index in [2.05, 4.69) is 36.2 Å². The summed E-state index contributed by atoms with van der Waals surface area (Å²) in [5.41, 5.74) is 2.25. The first kappa shape index (κ1) is 18.2. The van der Waals surface area contributed by atoms with Crippen molar-refractivity contribution in [2.75, 3.05) is 20.1 Å². The second-order valence-electron chi connectivity index (χ2n) is 7.82. The van der Waals surface area contributed by atoms with E-state index in [0.717, 1.165) is 62.5 Å². The molecule has 1 aromatic heterocycles. The van der Waals surface area contributed by atoms with Gasteiger partial charge >= 0.3 is 0 Å². The monoisotopic (exact) mass is 367 g/mol. The molecule has 0 saturated carbocycles. The van der Waals surface area contributed by atoms with Crippen molar-refractivity contribution in [1.29, 1.82) is 0 Å². The Kier molecular flexibility index (Phi) is 5.58. The zero-order chi connectivity index (χ0) is 18.6. The number of hydrogen-bond donors (Lipinski definition) is 0. The Bertz CT molecular complexity index is 771. The molecular formula is C22H29N3O2. The molecule has 2 aromatic rings. The van der Waals surface area contributed by atoms with Crippen molar-refractivity contribution < 1.29 is 9.21 Å². The molecule has 27 heavy (non-hydrogen) atoms. The number of benzene rings is 1. The van der Waals surface area contributed by atoms with Gasteiger partial charge in [0.2, 0.25) is 5.91 Å². The summed E-state index contributed by atoms with van der Waals surface area (Å²) in [6.07, 6.45) is 7.04. The molecule has 0 radical (unpaired) electrons. The molecule has 1 fully saturated rings. The largest absolute Gasteiger partial charge is 0.445 e. The lowest BCUT2D eigenvalue weighted by Crippen LogP contribution is -2.48. The van der Waals surface area contributed by atoms with Crippen LogP contribution in [0.15, 0.2) is 34.7 Å². The number of carbonyl (C=O) groups is 1. The minimum Gasteiger partial charge on any atom is -0.445 e. The van der Waals surface area contributed by atoms with E-state index in [1.165, 1.54) is 18.4 Å². The van der Waals surface area contributed by atoms with Crippen molar-refractivity contribution in [1.82, 2.24) is 14.8 Å². The second kappa shape index (κ2) is 8.26. The highest BCUT2D eigenvalue weighted by atomic mass is 16.4. The van der Waals surface area contributed by atoms with Crippen LogP contribution in [0.1, 0.15) is 48.6 Å². The van der Waals surface area contributed by atoms with Crippen LogP contribution in [0, 0.1) is 0 Å². The molecule has 1 atom stereocenters. The molecule has 1 unspecified atom stereocenters. The maximum Gasteiger partial charge on any atom is 0.240 e. The maximum absolute atomic E-state index is 13.1. The van der Waals surface area contributed by atoms with Crippen LogP contribution in [0.25, 0.3) is 0 Å². The highest BCUT2D eigenvalue weighted by Gasteiger charge is 2.32. The number of hydrogen-bond acceptors (Lipinski definition) is 4. The van der Waals surface area contributed by atoms with Gasteiger partial charge in [0.15, 0.2) is 5.89 Å². The molecule has 0 bridgehead atoms. The Labute approximate surface area is 161 Å². The summed E-state index contributed by atoms with van der Waals surface area (Å²) in [6.45, 7) is 2.35. The predicted octanol–water partition coefficient (Wildman–Crippen LogP) is 3.22. The van der Waals surface area contributed by atoms with Crippen LogP contribution in [-0.2, 0) is 30.6 Å². The number of rotatable bonds is 4. The van der Waals surface area contributed by atoms with E-state index in [9.17, 15) is 4.79 Å². The zero-order valence-electron chi connectivity index (χ0n) is 16.2. The fourth-order valence-corrected chi connectivity index (χ4v) is 4.22. The lowest BCUT2D eigenvalue weighted by atomic mass is 10.1. The SMILES string of the molecule is CN1CCCCCC1C(=O)N1CCc2oc(CCc3ccccc3)nc2C1. The number of likely N-dealkylation sites (N-methyl/N-ethyl adjacent to an activating group) is 1. The minimum absolute atomic E-state index is 0.0264. The van der Waals surface area contributed by atoms with Crippen molar-refractivity contribution in [3.8, 4) is 0 Å². The molecule has 1 saturated heterocycles. The van der Waals surface area contributed by atoms with E-state index >= 15 is 0 Å². The molecule has 144 valence electrons. The van der Waals surface area contributed by atoms with Gasteiger partial charge in [0.05, 0.1) is 12.6 Å². The Morgan fingerprint density at radius 3 is 2.85 bits per heavy atom. The van der Waals surface area contributed by atoms with E-state index in [0.29, 0.717) is 6.54 Å². The van der Waals surface area contributed by atoms with E-state index in [-0.39, 0.29) is 11.9 Å². The van der Waals surface area contributed by atoms with Crippen LogP contribution in [0.3, 0.4) is 0 Å². The van der Waals surface area contributed by atoms with Crippen LogP contribution in [0.2, 0.25) is 0 Å². The maximum atomic E-state index is 13.1. The topological polar surface area (TPSA) is 49.6 Å². The van der Waals surface area contributed by atoms with Gasteiger partial charge in [0.25, 0.3) is 0 Å². The van der Waals surface area contributed by atoms with Gasteiger partial charge in [-0.2, -0.15) is 0 Å². The zero-order valence-corrected chi connectivity index (χ0v) is 16.2. The number of amides is 1. The average Bonchev–Trinajstić information content (AvgIpc) is 2.99. The summed E-state index contributed by atoms with van der Waals surface area (Å²) in [5, 5.41) is 0. The molecule has 3 heterocycles. The Morgan fingerprint density at radius 2 is 2.00 bits per heavy atom. The first-order valence-corrected chi connectivity index (χ1v) is 10.2. The van der Waals surface area contributed by atoms with Gasteiger partial charge < -0.3 is 9.32 Å². The van der Waals surface area contributed by atoms with Gasteiger partial charge in [-0.3, -0.25) is 9.69 Å². The summed E-state index contributed by atoms with van der Waals surface area (Å²) in [5.74, 6) is 2.03. The normalized spacial score (nSPS) is 20.9. The number of aryl methyl sites for hydroxylation is 2. The smallest absolute Gasteiger partial charge is 0.240 e. The fraction of sp³-hybridized carbons (Fsp3) is 0.545. The molecular weight excluding hydrogens is 338 g/mol. The quantitative estimate of drug-likeness (QED) is 0.833. The Morgan fingerprint density at radius 1 is 1.15 bits per heavy atom. The molecule has 2 aliphatic heterocycles. The van der Waals surface area contributed by atoms with Crippen LogP contribution in [0.5, 0.6) is 0 Å². The third kappa shape index (κ3) is 4.24. The summed E-state index contributed by atoms with van der Waals surface area (Å²) >= 11 is 0. The van der Waals surface area contributed by atoms with Gasteiger partial charge in [-0.05, 0) is 38.4 Å². The standard InChI is InChI=1S/C22H29N3O2/c1-24-14-7-3-6-10-19(24)22(26)25-15-13-20-18(16-25)23-21(27-20)12-11-17-8-4-2-5-9-17/h2,4-5,8-9,19H,3,6-7,10-16H2,1H3. The van der Waals surface area contributed by atoms with E-state index in [1.807, 2.05) is 11.0 Å². The lowest BCUT2D eigenvalue weighted by Gasteiger charge is -2.32. The molecule has 4 rings (SSSR count). The van der Waals surface area contributed by atoms with E-state index < -0.39 is 0 Å². The molecule has 2 aliphatic rings. The Hall–Kier alpha value is -2.14. The minimum atomic E-state index is 0.0264. The van der Waals surface area contributed by atoms with Crippen LogP contribution in [0.4, 0.5) is 0 Å². The van der Waals surface area contributed by atoms with Crippen LogP contribution < -0.4 is 0 Å². The van der Waals surface area contributed by atoms with Gasteiger partial charge in [-0.1, -0.05) is 43.2 Å². The third-order valence-corrected chi connectivity index (χ3v) is 5.86. The first-order valence-electron chi connectivity index (χ1n) is 10.2. The molecule has 5 nitrogen and oxygen atoms in total. The highest BCUT2D eigenvalue weighted by Crippen LogP contribution is 2.24. The van der Waals surface area contributed by atoms with Crippen molar-refractivity contribution in [3.05, 3.63) is 53.2 Å². The molecule has 5 heteroatoms. The number of carbonyl (C=O) groups excluding carboxylic acids is 1. The number of nitrogens with zero attached hydrogens (tertiary/aromatic N) is 3. The van der Waals surface area contributed by atoms with Crippen molar-refractivity contribution in [3.63, 3.8) is 0 Å². The Balaban J connectivity index is 1.39. The third-order valence-electron chi connectivity index (χ3n) is 5.86. The molecule has 0 aliphatic carbocycles. The van der Waals surface area contributed by atoms with Crippen LogP contribution >= 0.6 is 0 Å². The number of fused-ring (bicyclic) bond motifs is 1. The van der Waals surface area contributed by atoms with Crippen molar-refractivity contribution in [2.45, 2.75) is 57.5 Å². The summed E-state index contributed by atoms with van der Waals surface area (Å²) < 4.78 is 5.98. The molecule has 0 spiro atoms. The lowest BCUT2D eigenvalue weighted by molar-refractivity contribution is -0.137. The van der Waals surface area contributed by atoms with Gasteiger partial charge in [-0.25, -0.2) is 4.98 Å². The average molecular weight is 367 g/mol. The molecule has 0 N–H and O–H groups in total. The summed E-state index contributed by atoms with van der Waals surface area (Å²) in [7, 11) is 2.08. The van der Waals surface area contributed by atoms with E-state index in [1.54, 1.807) is 0 Å². The van der Waals surface area contributed by atoms with Crippen molar-refractivity contribution >= 4 is 5.91 Å². The number of likely N-dealkylation sites (tertiary alicyclic amines) is 1. The van der Waals surface area contributed by atoms with Gasteiger partial charge in [-0.15, -0.1) is 0 Å². The first-order chi connectivity index (χ1) is 13.2. The van der Waals surface area contributed by atoms with Gasteiger partial charge in [0, 0.05) is 19.4 Å². The fourth-order valence-electron chi connectivity index (χ4n) is 4.22. The second-order valence-corrected chi connectivity index (χ2v) is 7.82. The molecule has 1 amide bonds. The molecule has 1 aromatic carbocycles. The van der Waals surface area contributed by atoms with Crippen LogP contribution in [-0.4, -0.2) is 46.9 Å².